The van der Waals surface area contributed by atoms with E-state index in [-0.39, 0.29) is 5.91 Å². The topological polar surface area (TPSA) is 33.2 Å². The third kappa shape index (κ3) is 3.10. The third-order valence-corrected chi connectivity index (χ3v) is 2.83. The van der Waals surface area contributed by atoms with Gasteiger partial charge in [-0.1, -0.05) is 0 Å². The van der Waals surface area contributed by atoms with Gasteiger partial charge >= 0.3 is 0 Å². The van der Waals surface area contributed by atoms with Crippen molar-refractivity contribution in [2.75, 3.05) is 13.1 Å². The summed E-state index contributed by atoms with van der Waals surface area (Å²) in [6, 6.07) is 0. The minimum atomic E-state index is 0.225. The molecule has 0 saturated carbocycles. The van der Waals surface area contributed by atoms with Gasteiger partial charge in [0.1, 0.15) is 0 Å². The Labute approximate surface area is 88.8 Å². The molecule has 0 aliphatic rings. The van der Waals surface area contributed by atoms with E-state index in [4.69, 9.17) is 0 Å². The van der Waals surface area contributed by atoms with Crippen molar-refractivity contribution in [1.82, 2.24) is 9.88 Å². The number of nitrogens with zero attached hydrogens (tertiary/aromatic N) is 2. The van der Waals surface area contributed by atoms with Gasteiger partial charge in [-0.15, -0.1) is 11.3 Å². The van der Waals surface area contributed by atoms with Crippen LogP contribution in [-0.2, 0) is 11.2 Å². The highest BCUT2D eigenvalue weighted by atomic mass is 32.1. The van der Waals surface area contributed by atoms with Crippen molar-refractivity contribution in [3.05, 3.63) is 16.6 Å². The largest absolute Gasteiger partial charge is 0.343 e. The average molecular weight is 212 g/mol. The molecule has 0 saturated heterocycles. The van der Waals surface area contributed by atoms with Gasteiger partial charge in [0.2, 0.25) is 5.91 Å². The summed E-state index contributed by atoms with van der Waals surface area (Å²) in [5.41, 5.74) is 2.83. The zero-order valence-electron chi connectivity index (χ0n) is 8.69. The number of carbonyl (C=O) groups is 1. The van der Waals surface area contributed by atoms with Crippen molar-refractivity contribution >= 4 is 17.2 Å². The summed E-state index contributed by atoms with van der Waals surface area (Å²) in [5.74, 6) is 0.225. The molecule has 0 N–H and O–H groups in total. The van der Waals surface area contributed by atoms with Crippen LogP contribution in [-0.4, -0.2) is 28.9 Å². The molecule has 0 fully saturated rings. The highest BCUT2D eigenvalue weighted by molar-refractivity contribution is 7.07. The smallest absolute Gasteiger partial charge is 0.222 e. The monoisotopic (exact) mass is 212 g/mol. The second-order valence-electron chi connectivity index (χ2n) is 3.05. The fraction of sp³-hybridized carbons (Fsp3) is 0.600. The molecule has 0 unspecified atom stereocenters. The predicted molar refractivity (Wildman–Crippen MR) is 58.4 cm³/mol. The van der Waals surface area contributed by atoms with E-state index in [0.717, 1.165) is 25.2 Å². The van der Waals surface area contributed by atoms with E-state index in [9.17, 15) is 4.79 Å². The summed E-state index contributed by atoms with van der Waals surface area (Å²) in [6.45, 7) is 5.60. The molecule has 1 amide bonds. The fourth-order valence-corrected chi connectivity index (χ4v) is 1.92. The van der Waals surface area contributed by atoms with Gasteiger partial charge in [-0.25, -0.2) is 4.98 Å². The lowest BCUT2D eigenvalue weighted by Crippen LogP contribution is -2.30. The van der Waals surface area contributed by atoms with Crippen molar-refractivity contribution in [3.63, 3.8) is 0 Å². The second kappa shape index (κ2) is 5.75. The second-order valence-corrected chi connectivity index (χ2v) is 3.76. The van der Waals surface area contributed by atoms with Crippen molar-refractivity contribution in [3.8, 4) is 0 Å². The summed E-state index contributed by atoms with van der Waals surface area (Å²) in [7, 11) is 0. The van der Waals surface area contributed by atoms with Crippen LogP contribution in [0.15, 0.2) is 10.9 Å². The van der Waals surface area contributed by atoms with E-state index >= 15 is 0 Å². The highest BCUT2D eigenvalue weighted by Gasteiger charge is 2.09. The number of hydrogen-bond acceptors (Lipinski definition) is 3. The van der Waals surface area contributed by atoms with Crippen LogP contribution in [0.2, 0.25) is 0 Å². The number of carbonyl (C=O) groups excluding carboxylic acids is 1. The molecule has 0 atom stereocenters. The average Bonchev–Trinajstić information content (AvgIpc) is 2.69. The lowest BCUT2D eigenvalue weighted by molar-refractivity contribution is -0.130. The number of hydrogen-bond donors (Lipinski definition) is 0. The minimum Gasteiger partial charge on any atom is -0.343 e. The van der Waals surface area contributed by atoms with Gasteiger partial charge in [0, 0.05) is 24.9 Å². The fourth-order valence-electron chi connectivity index (χ4n) is 1.33. The Balaban J connectivity index is 2.34. The number of amides is 1. The van der Waals surface area contributed by atoms with Crippen LogP contribution < -0.4 is 0 Å². The van der Waals surface area contributed by atoms with E-state index in [0.29, 0.717) is 6.42 Å². The third-order valence-electron chi connectivity index (χ3n) is 2.19. The zero-order chi connectivity index (χ0) is 10.4. The molecular weight excluding hydrogens is 196 g/mol. The molecule has 0 aromatic carbocycles. The normalized spacial score (nSPS) is 10.1. The summed E-state index contributed by atoms with van der Waals surface area (Å²) < 4.78 is 0. The Morgan fingerprint density at radius 1 is 1.50 bits per heavy atom. The summed E-state index contributed by atoms with van der Waals surface area (Å²) in [5, 5.41) is 2.00. The van der Waals surface area contributed by atoms with Crippen LogP contribution in [0.4, 0.5) is 0 Å². The van der Waals surface area contributed by atoms with Crippen molar-refractivity contribution in [2.45, 2.75) is 26.7 Å². The maximum atomic E-state index is 11.6. The van der Waals surface area contributed by atoms with Crippen molar-refractivity contribution < 1.29 is 4.79 Å². The van der Waals surface area contributed by atoms with E-state index in [1.807, 2.05) is 24.1 Å². The van der Waals surface area contributed by atoms with E-state index in [1.54, 1.807) is 16.8 Å². The van der Waals surface area contributed by atoms with Gasteiger partial charge in [0.15, 0.2) is 0 Å². The minimum absolute atomic E-state index is 0.225. The molecular formula is C10H16N2OS. The molecule has 3 nitrogen and oxygen atoms in total. The Hall–Kier alpha value is -0.900. The molecule has 1 aromatic heterocycles. The first-order valence-corrected chi connectivity index (χ1v) is 5.87. The van der Waals surface area contributed by atoms with E-state index in [2.05, 4.69) is 4.98 Å². The molecule has 0 radical (unpaired) electrons. The van der Waals surface area contributed by atoms with Gasteiger partial charge in [0.05, 0.1) is 11.2 Å². The van der Waals surface area contributed by atoms with Gasteiger partial charge in [-0.3, -0.25) is 4.79 Å². The Morgan fingerprint density at radius 3 is 2.71 bits per heavy atom. The maximum absolute atomic E-state index is 11.6. The molecule has 0 aliphatic carbocycles. The van der Waals surface area contributed by atoms with Crippen LogP contribution in [0.25, 0.3) is 0 Å². The number of aryl methyl sites for hydroxylation is 1. The molecule has 4 heteroatoms. The Kier molecular flexibility index (Phi) is 4.59. The standard InChI is InChI=1S/C10H16N2OS/c1-3-12(4-2)10(13)6-5-9-7-14-8-11-9/h7-8H,3-6H2,1-2H3. The maximum Gasteiger partial charge on any atom is 0.222 e. The van der Waals surface area contributed by atoms with E-state index in [1.165, 1.54) is 0 Å². The number of aromatic nitrogens is 1. The highest BCUT2D eigenvalue weighted by Crippen LogP contribution is 2.05. The lowest BCUT2D eigenvalue weighted by atomic mass is 10.2. The first-order valence-electron chi connectivity index (χ1n) is 4.92. The van der Waals surface area contributed by atoms with Crippen LogP contribution in [0, 0.1) is 0 Å². The summed E-state index contributed by atoms with van der Waals surface area (Å²) in [6.07, 6.45) is 1.34. The molecule has 0 spiro atoms. The number of thiazole rings is 1. The van der Waals surface area contributed by atoms with Crippen molar-refractivity contribution in [1.29, 1.82) is 0 Å². The lowest BCUT2D eigenvalue weighted by Gasteiger charge is -2.17. The van der Waals surface area contributed by atoms with Crippen LogP contribution >= 0.6 is 11.3 Å². The number of rotatable bonds is 5. The van der Waals surface area contributed by atoms with Crippen LogP contribution in [0.3, 0.4) is 0 Å². The van der Waals surface area contributed by atoms with Crippen molar-refractivity contribution in [2.24, 2.45) is 0 Å². The van der Waals surface area contributed by atoms with Gasteiger partial charge < -0.3 is 4.90 Å². The first-order chi connectivity index (χ1) is 6.77. The Morgan fingerprint density at radius 2 is 2.21 bits per heavy atom. The molecule has 0 aliphatic heterocycles. The molecule has 0 bridgehead atoms. The van der Waals surface area contributed by atoms with Gasteiger partial charge in [0.25, 0.3) is 0 Å². The van der Waals surface area contributed by atoms with Crippen LogP contribution in [0.1, 0.15) is 26.0 Å². The summed E-state index contributed by atoms with van der Waals surface area (Å²) in [4.78, 5) is 17.6. The molecule has 1 aromatic rings. The molecule has 1 heterocycles. The quantitative estimate of drug-likeness (QED) is 0.747. The van der Waals surface area contributed by atoms with Gasteiger partial charge in [-0.05, 0) is 20.3 Å². The zero-order valence-corrected chi connectivity index (χ0v) is 9.51. The summed E-state index contributed by atoms with van der Waals surface area (Å²) >= 11 is 1.58. The molecule has 1 rings (SSSR count). The van der Waals surface area contributed by atoms with Gasteiger partial charge in [-0.2, -0.15) is 0 Å². The predicted octanol–water partition coefficient (Wildman–Crippen LogP) is 1.94. The first kappa shape index (κ1) is 11.2. The SMILES string of the molecule is CCN(CC)C(=O)CCc1cscn1. The molecule has 14 heavy (non-hydrogen) atoms. The van der Waals surface area contributed by atoms with Crippen LogP contribution in [0.5, 0.6) is 0 Å². The Bertz CT molecular complexity index is 268. The van der Waals surface area contributed by atoms with E-state index < -0.39 is 0 Å². The molecule has 78 valence electrons.